The lowest BCUT2D eigenvalue weighted by Gasteiger charge is -2.34. The van der Waals surface area contributed by atoms with Gasteiger partial charge in [0.25, 0.3) is 10.0 Å². The molecule has 0 aliphatic carbocycles. The third-order valence-corrected chi connectivity index (χ3v) is 9.35. The Morgan fingerprint density at radius 3 is 2.09 bits per heavy atom. The fourth-order valence-electron chi connectivity index (χ4n) is 4.67. The third-order valence-electron chi connectivity index (χ3n) is 6.96. The molecule has 4 aromatic rings. The van der Waals surface area contributed by atoms with Crippen LogP contribution in [0.5, 0.6) is 0 Å². The van der Waals surface area contributed by atoms with E-state index in [2.05, 4.69) is 5.32 Å². The highest BCUT2D eigenvalue weighted by molar-refractivity contribution is 7.92. The molecular weight excluding hydrogens is 617 g/mol. The molecule has 1 atom stereocenters. The Labute approximate surface area is 269 Å². The Hall–Kier alpha value is -3.85. The smallest absolute Gasteiger partial charge is 0.264 e. The molecule has 1 N–H and O–H groups in total. The zero-order chi connectivity index (χ0) is 31.7. The van der Waals surface area contributed by atoms with Gasteiger partial charge in [-0.1, -0.05) is 110 Å². The first-order valence-corrected chi connectivity index (χ1v) is 16.4. The Morgan fingerprint density at radius 1 is 0.818 bits per heavy atom. The van der Waals surface area contributed by atoms with Crippen LogP contribution in [0.2, 0.25) is 10.0 Å². The van der Waals surface area contributed by atoms with E-state index in [-0.39, 0.29) is 35.4 Å². The summed E-state index contributed by atoms with van der Waals surface area (Å²) >= 11 is 12.8. The Bertz CT molecular complexity index is 1670. The van der Waals surface area contributed by atoms with Gasteiger partial charge >= 0.3 is 0 Å². The van der Waals surface area contributed by atoms with Gasteiger partial charge in [0.05, 0.1) is 10.6 Å². The van der Waals surface area contributed by atoms with Gasteiger partial charge in [0.2, 0.25) is 11.8 Å². The summed E-state index contributed by atoms with van der Waals surface area (Å²) in [5.74, 6) is -0.744. The molecule has 0 aromatic heterocycles. The molecule has 2 amide bonds. The molecule has 0 heterocycles. The number of carbonyl (C=O) groups is 2. The second kappa shape index (κ2) is 15.2. The van der Waals surface area contributed by atoms with Crippen molar-refractivity contribution in [2.24, 2.45) is 5.92 Å². The topological polar surface area (TPSA) is 86.8 Å². The normalized spacial score (nSPS) is 12.0. The second-order valence-corrected chi connectivity index (χ2v) is 13.5. The molecule has 4 rings (SSSR count). The fourth-order valence-corrected chi connectivity index (χ4v) is 6.47. The molecule has 0 radical (unpaired) electrons. The summed E-state index contributed by atoms with van der Waals surface area (Å²) in [7, 11) is -4.21. The molecule has 0 saturated heterocycles. The SMILES string of the molecule is CC(C)CNC(=O)[C@@H](Cc1ccccc1)N(Cc1ccccc1Cl)C(=O)CN(c1cccc(Cl)c1)S(=O)(=O)c1ccccc1. The number of hydrogen-bond donors (Lipinski definition) is 1. The van der Waals surface area contributed by atoms with E-state index in [1.165, 1.54) is 23.1 Å². The second-order valence-electron chi connectivity index (χ2n) is 10.8. The molecule has 0 unspecified atom stereocenters. The summed E-state index contributed by atoms with van der Waals surface area (Å²) in [4.78, 5) is 29.7. The van der Waals surface area contributed by atoms with E-state index >= 15 is 0 Å². The van der Waals surface area contributed by atoms with Crippen LogP contribution in [-0.4, -0.2) is 44.3 Å². The fraction of sp³-hybridized carbons (Fsp3) is 0.235. The summed E-state index contributed by atoms with van der Waals surface area (Å²) < 4.78 is 29.0. The maximum absolute atomic E-state index is 14.4. The Morgan fingerprint density at radius 2 is 1.45 bits per heavy atom. The minimum atomic E-state index is -4.21. The average Bonchev–Trinajstić information content (AvgIpc) is 3.02. The molecule has 0 bridgehead atoms. The number of rotatable bonds is 13. The maximum atomic E-state index is 14.4. The van der Waals surface area contributed by atoms with E-state index in [0.717, 1.165) is 9.87 Å². The summed E-state index contributed by atoms with van der Waals surface area (Å²) in [6.07, 6.45) is 0.212. The molecule has 10 heteroatoms. The number of anilines is 1. The summed E-state index contributed by atoms with van der Waals surface area (Å²) in [5.41, 5.74) is 1.69. The van der Waals surface area contributed by atoms with Crippen molar-refractivity contribution in [1.82, 2.24) is 10.2 Å². The van der Waals surface area contributed by atoms with Crippen LogP contribution in [0, 0.1) is 5.92 Å². The monoisotopic (exact) mass is 651 g/mol. The summed E-state index contributed by atoms with van der Waals surface area (Å²) in [5, 5.41) is 3.71. The van der Waals surface area contributed by atoms with Gasteiger partial charge in [-0.2, -0.15) is 0 Å². The minimum Gasteiger partial charge on any atom is -0.354 e. The van der Waals surface area contributed by atoms with E-state index in [1.54, 1.807) is 60.7 Å². The zero-order valence-electron chi connectivity index (χ0n) is 24.6. The van der Waals surface area contributed by atoms with Gasteiger partial charge in [0, 0.05) is 29.6 Å². The van der Waals surface area contributed by atoms with Crippen LogP contribution in [0.25, 0.3) is 0 Å². The summed E-state index contributed by atoms with van der Waals surface area (Å²) in [6, 6.07) is 29.7. The molecule has 0 aliphatic heterocycles. The standard InChI is InChI=1S/C34H35Cl2N3O4S/c1-25(2)22-37-34(41)32(20-26-12-5-3-6-13-26)38(23-27-14-9-10-19-31(27)36)33(40)24-39(29-16-11-15-28(35)21-29)44(42,43)30-17-7-4-8-18-30/h3-19,21,25,32H,20,22-24H2,1-2H3,(H,37,41)/t32-/m1/s1. The first-order valence-electron chi connectivity index (χ1n) is 14.2. The summed E-state index contributed by atoms with van der Waals surface area (Å²) in [6.45, 7) is 3.78. The van der Waals surface area contributed by atoms with Crippen molar-refractivity contribution in [1.29, 1.82) is 0 Å². The molecular formula is C34H35Cl2N3O4S. The third kappa shape index (κ3) is 8.62. The maximum Gasteiger partial charge on any atom is 0.264 e. The number of carbonyl (C=O) groups excluding carboxylic acids is 2. The zero-order valence-corrected chi connectivity index (χ0v) is 26.9. The van der Waals surface area contributed by atoms with Crippen molar-refractivity contribution in [3.63, 3.8) is 0 Å². The molecule has 7 nitrogen and oxygen atoms in total. The van der Waals surface area contributed by atoms with Gasteiger partial charge in [-0.15, -0.1) is 0 Å². The highest BCUT2D eigenvalue weighted by atomic mass is 35.5. The predicted molar refractivity (Wildman–Crippen MR) is 176 cm³/mol. The molecule has 0 aliphatic rings. The molecule has 44 heavy (non-hydrogen) atoms. The van der Waals surface area contributed by atoms with E-state index in [9.17, 15) is 18.0 Å². The number of benzene rings is 4. The van der Waals surface area contributed by atoms with Gasteiger partial charge in [0.1, 0.15) is 12.6 Å². The van der Waals surface area contributed by atoms with E-state index in [4.69, 9.17) is 23.2 Å². The quantitative estimate of drug-likeness (QED) is 0.176. The van der Waals surface area contributed by atoms with Gasteiger partial charge in [0.15, 0.2) is 0 Å². The van der Waals surface area contributed by atoms with Crippen molar-refractivity contribution < 1.29 is 18.0 Å². The van der Waals surface area contributed by atoms with Crippen molar-refractivity contribution >= 4 is 50.7 Å². The molecule has 0 saturated carbocycles. The molecule has 0 spiro atoms. The lowest BCUT2D eigenvalue weighted by atomic mass is 10.0. The Balaban J connectivity index is 1.80. The van der Waals surface area contributed by atoms with Gasteiger partial charge < -0.3 is 10.2 Å². The van der Waals surface area contributed by atoms with Crippen LogP contribution in [0.15, 0.2) is 114 Å². The number of nitrogens with one attached hydrogen (secondary N) is 1. The van der Waals surface area contributed by atoms with E-state index in [0.29, 0.717) is 22.2 Å². The highest BCUT2D eigenvalue weighted by Crippen LogP contribution is 2.27. The Kier molecular flexibility index (Phi) is 11.4. The van der Waals surface area contributed by atoms with E-state index < -0.39 is 28.5 Å². The first kappa shape index (κ1) is 33.1. The lowest BCUT2D eigenvalue weighted by molar-refractivity contribution is -0.140. The number of hydrogen-bond acceptors (Lipinski definition) is 4. The van der Waals surface area contributed by atoms with Crippen molar-refractivity contribution in [2.45, 2.75) is 37.8 Å². The largest absolute Gasteiger partial charge is 0.354 e. The number of amides is 2. The van der Waals surface area contributed by atoms with Crippen LogP contribution >= 0.6 is 23.2 Å². The van der Waals surface area contributed by atoms with Crippen LogP contribution in [0.4, 0.5) is 5.69 Å². The first-order chi connectivity index (χ1) is 21.1. The number of sulfonamides is 1. The number of halogens is 2. The van der Waals surface area contributed by atoms with Crippen molar-refractivity contribution in [3.05, 3.63) is 130 Å². The van der Waals surface area contributed by atoms with Gasteiger partial charge in [-0.05, 0) is 53.4 Å². The number of nitrogens with zero attached hydrogens (tertiary/aromatic N) is 2. The highest BCUT2D eigenvalue weighted by Gasteiger charge is 2.35. The van der Waals surface area contributed by atoms with Crippen LogP contribution in [0.1, 0.15) is 25.0 Å². The van der Waals surface area contributed by atoms with Crippen LogP contribution in [-0.2, 0) is 32.6 Å². The molecule has 4 aromatic carbocycles. The van der Waals surface area contributed by atoms with Crippen molar-refractivity contribution in [2.75, 3.05) is 17.4 Å². The lowest BCUT2D eigenvalue weighted by Crippen LogP contribution is -2.53. The van der Waals surface area contributed by atoms with Gasteiger partial charge in [-0.25, -0.2) is 8.42 Å². The van der Waals surface area contributed by atoms with Crippen LogP contribution < -0.4 is 9.62 Å². The van der Waals surface area contributed by atoms with E-state index in [1.807, 2.05) is 44.2 Å². The van der Waals surface area contributed by atoms with Crippen LogP contribution in [0.3, 0.4) is 0 Å². The minimum absolute atomic E-state index is 0.0140. The van der Waals surface area contributed by atoms with Crippen molar-refractivity contribution in [3.8, 4) is 0 Å². The average molecular weight is 653 g/mol. The molecule has 0 fully saturated rings. The predicted octanol–water partition coefficient (Wildman–Crippen LogP) is 6.60. The molecule has 230 valence electrons. The van der Waals surface area contributed by atoms with Gasteiger partial charge in [-0.3, -0.25) is 13.9 Å².